The van der Waals surface area contributed by atoms with Crippen LogP contribution in [0, 0.1) is 6.92 Å². The lowest BCUT2D eigenvalue weighted by Gasteiger charge is -2.30. The number of amides is 1. The van der Waals surface area contributed by atoms with Gasteiger partial charge in [-0.1, -0.05) is 11.6 Å². The Morgan fingerprint density at radius 1 is 1.25 bits per heavy atom. The number of fused-ring (bicyclic) bond motifs is 1. The predicted molar refractivity (Wildman–Crippen MR) is 85.4 cm³/mol. The second-order valence-electron chi connectivity index (χ2n) is 5.66. The lowest BCUT2D eigenvalue weighted by molar-refractivity contribution is -0.141. The van der Waals surface area contributed by atoms with E-state index in [2.05, 4.69) is 4.98 Å². The third-order valence-electron chi connectivity index (χ3n) is 4.01. The van der Waals surface area contributed by atoms with Gasteiger partial charge >= 0.3 is 6.18 Å². The quantitative estimate of drug-likeness (QED) is 0.746. The highest BCUT2D eigenvalue weighted by molar-refractivity contribution is 6.30. The molecule has 1 aromatic carbocycles. The fourth-order valence-electron chi connectivity index (χ4n) is 2.87. The summed E-state index contributed by atoms with van der Waals surface area (Å²) in [5.74, 6) is -0.350. The van der Waals surface area contributed by atoms with E-state index < -0.39 is 11.9 Å². The SMILES string of the molecule is Cc1nc(C(F)(F)F)ccc1C(=O)N1CCCc2cc(Cl)ccc21. The Morgan fingerprint density at radius 2 is 2.00 bits per heavy atom. The number of nitrogens with zero attached hydrogens (tertiary/aromatic N) is 2. The molecule has 0 radical (unpaired) electrons. The minimum atomic E-state index is -4.53. The van der Waals surface area contributed by atoms with Gasteiger partial charge in [0.25, 0.3) is 5.91 Å². The number of halogens is 4. The average molecular weight is 355 g/mol. The van der Waals surface area contributed by atoms with Gasteiger partial charge in [0, 0.05) is 17.3 Å². The molecule has 0 saturated heterocycles. The van der Waals surface area contributed by atoms with E-state index in [-0.39, 0.29) is 17.2 Å². The highest BCUT2D eigenvalue weighted by Crippen LogP contribution is 2.32. The summed E-state index contributed by atoms with van der Waals surface area (Å²) in [5, 5.41) is 0.593. The summed E-state index contributed by atoms with van der Waals surface area (Å²) in [4.78, 5) is 17.9. The van der Waals surface area contributed by atoms with Crippen LogP contribution in [0.15, 0.2) is 30.3 Å². The normalized spacial score (nSPS) is 14.5. The molecule has 0 saturated carbocycles. The van der Waals surface area contributed by atoms with Gasteiger partial charge in [-0.05, 0) is 55.7 Å². The standard InChI is InChI=1S/C17H14ClF3N2O/c1-10-13(5-7-15(22-10)17(19,20)21)16(24)23-8-2-3-11-9-12(18)4-6-14(11)23/h4-7,9H,2-3,8H2,1H3. The fraction of sp³-hybridized carbons (Fsp3) is 0.294. The molecule has 1 aromatic heterocycles. The molecule has 3 rings (SSSR count). The second kappa shape index (κ2) is 6.09. The Bertz CT molecular complexity index is 805. The molecule has 0 fully saturated rings. The molecule has 0 unspecified atom stereocenters. The van der Waals surface area contributed by atoms with Crippen molar-refractivity contribution in [3.8, 4) is 0 Å². The van der Waals surface area contributed by atoms with Crippen molar-refractivity contribution in [2.45, 2.75) is 25.9 Å². The number of hydrogen-bond donors (Lipinski definition) is 0. The first-order chi connectivity index (χ1) is 11.3. The van der Waals surface area contributed by atoms with Crippen molar-refractivity contribution < 1.29 is 18.0 Å². The number of hydrogen-bond acceptors (Lipinski definition) is 2. The monoisotopic (exact) mass is 354 g/mol. The average Bonchev–Trinajstić information content (AvgIpc) is 2.52. The molecule has 0 atom stereocenters. The lowest BCUT2D eigenvalue weighted by atomic mass is 10.0. The van der Waals surface area contributed by atoms with E-state index in [9.17, 15) is 18.0 Å². The molecule has 1 amide bonds. The van der Waals surface area contributed by atoms with Gasteiger partial charge in [0.15, 0.2) is 0 Å². The van der Waals surface area contributed by atoms with Crippen molar-refractivity contribution in [3.05, 3.63) is 57.9 Å². The zero-order chi connectivity index (χ0) is 17.5. The van der Waals surface area contributed by atoms with E-state index in [1.807, 2.05) is 6.07 Å². The van der Waals surface area contributed by atoms with Crippen LogP contribution in [0.5, 0.6) is 0 Å². The van der Waals surface area contributed by atoms with Crippen molar-refractivity contribution in [2.75, 3.05) is 11.4 Å². The topological polar surface area (TPSA) is 33.2 Å². The van der Waals surface area contributed by atoms with Crippen molar-refractivity contribution in [2.24, 2.45) is 0 Å². The molecule has 2 heterocycles. The summed E-state index contributed by atoms with van der Waals surface area (Å²) < 4.78 is 38.2. The summed E-state index contributed by atoms with van der Waals surface area (Å²) >= 11 is 5.99. The molecule has 0 aliphatic carbocycles. The third kappa shape index (κ3) is 3.11. The Morgan fingerprint density at radius 3 is 2.67 bits per heavy atom. The fourth-order valence-corrected chi connectivity index (χ4v) is 3.06. The van der Waals surface area contributed by atoms with Crippen LogP contribution in [-0.2, 0) is 12.6 Å². The van der Waals surface area contributed by atoms with Gasteiger partial charge in [0.05, 0.1) is 11.3 Å². The molecular formula is C17H14ClF3N2O. The van der Waals surface area contributed by atoms with Crippen LogP contribution in [-0.4, -0.2) is 17.4 Å². The van der Waals surface area contributed by atoms with Crippen LogP contribution >= 0.6 is 11.6 Å². The van der Waals surface area contributed by atoms with Crippen LogP contribution in [0.1, 0.15) is 33.7 Å². The molecule has 2 aromatic rings. The van der Waals surface area contributed by atoms with Gasteiger partial charge in [-0.3, -0.25) is 4.79 Å². The Balaban J connectivity index is 1.96. The maximum atomic E-state index is 12.8. The molecular weight excluding hydrogens is 341 g/mol. The van der Waals surface area contributed by atoms with Gasteiger partial charge in [-0.2, -0.15) is 13.2 Å². The van der Waals surface area contributed by atoms with Crippen molar-refractivity contribution in [3.63, 3.8) is 0 Å². The van der Waals surface area contributed by atoms with E-state index >= 15 is 0 Å². The third-order valence-corrected chi connectivity index (χ3v) is 4.25. The summed E-state index contributed by atoms with van der Waals surface area (Å²) in [5.41, 5.74) is 0.943. The predicted octanol–water partition coefficient (Wildman–Crippen LogP) is 4.66. The van der Waals surface area contributed by atoms with Crippen molar-refractivity contribution >= 4 is 23.2 Å². The number of anilines is 1. The molecule has 0 N–H and O–H groups in total. The largest absolute Gasteiger partial charge is 0.433 e. The van der Waals surface area contributed by atoms with E-state index in [0.29, 0.717) is 11.6 Å². The van der Waals surface area contributed by atoms with Gasteiger partial charge in [0.1, 0.15) is 5.69 Å². The van der Waals surface area contributed by atoms with Crippen LogP contribution in [0.2, 0.25) is 5.02 Å². The number of pyridine rings is 1. The second-order valence-corrected chi connectivity index (χ2v) is 6.10. The number of alkyl halides is 3. The molecule has 0 spiro atoms. The van der Waals surface area contributed by atoms with Crippen molar-refractivity contribution in [1.29, 1.82) is 0 Å². The highest BCUT2D eigenvalue weighted by Gasteiger charge is 2.33. The Kier molecular flexibility index (Phi) is 4.25. The van der Waals surface area contributed by atoms with Gasteiger partial charge in [-0.25, -0.2) is 4.98 Å². The van der Waals surface area contributed by atoms with Crippen LogP contribution in [0.25, 0.3) is 0 Å². The minimum Gasteiger partial charge on any atom is -0.308 e. The number of aryl methyl sites for hydroxylation is 2. The number of rotatable bonds is 1. The summed E-state index contributed by atoms with van der Waals surface area (Å²) in [7, 11) is 0. The summed E-state index contributed by atoms with van der Waals surface area (Å²) in [6, 6.07) is 7.31. The maximum absolute atomic E-state index is 12.8. The molecule has 3 nitrogen and oxygen atoms in total. The molecule has 1 aliphatic heterocycles. The first-order valence-corrected chi connectivity index (χ1v) is 7.80. The van der Waals surface area contributed by atoms with Gasteiger partial charge in [0.2, 0.25) is 0 Å². The van der Waals surface area contributed by atoms with E-state index in [4.69, 9.17) is 11.6 Å². The van der Waals surface area contributed by atoms with Crippen LogP contribution in [0.3, 0.4) is 0 Å². The first-order valence-electron chi connectivity index (χ1n) is 7.42. The smallest absolute Gasteiger partial charge is 0.308 e. The maximum Gasteiger partial charge on any atom is 0.433 e. The van der Waals surface area contributed by atoms with Crippen molar-refractivity contribution in [1.82, 2.24) is 4.98 Å². The zero-order valence-corrected chi connectivity index (χ0v) is 13.6. The first kappa shape index (κ1) is 16.8. The van der Waals surface area contributed by atoms with Crippen LogP contribution < -0.4 is 4.90 Å². The number of carbonyl (C=O) groups is 1. The van der Waals surface area contributed by atoms with Gasteiger partial charge in [-0.15, -0.1) is 0 Å². The summed E-state index contributed by atoms with van der Waals surface area (Å²) in [6.07, 6.45) is -2.95. The molecule has 126 valence electrons. The molecule has 7 heteroatoms. The highest BCUT2D eigenvalue weighted by atomic mass is 35.5. The van der Waals surface area contributed by atoms with E-state index in [0.717, 1.165) is 30.2 Å². The van der Waals surface area contributed by atoms with E-state index in [1.54, 1.807) is 17.0 Å². The zero-order valence-electron chi connectivity index (χ0n) is 12.8. The minimum absolute atomic E-state index is 0.0657. The lowest BCUT2D eigenvalue weighted by Crippen LogP contribution is -2.36. The molecule has 1 aliphatic rings. The van der Waals surface area contributed by atoms with Gasteiger partial charge < -0.3 is 4.90 Å². The summed E-state index contributed by atoms with van der Waals surface area (Å²) in [6.45, 7) is 1.92. The van der Waals surface area contributed by atoms with Crippen LogP contribution in [0.4, 0.5) is 18.9 Å². The molecule has 0 bridgehead atoms. The van der Waals surface area contributed by atoms with E-state index in [1.165, 1.54) is 13.0 Å². The Labute approximate surface area is 142 Å². The number of benzene rings is 1. The Hall–Kier alpha value is -2.08. The number of aromatic nitrogens is 1. The molecule has 24 heavy (non-hydrogen) atoms. The number of carbonyl (C=O) groups excluding carboxylic acids is 1.